The molecule has 5 nitrogen and oxygen atoms in total. The highest BCUT2D eigenvalue weighted by Crippen LogP contribution is 2.64. The van der Waals surface area contributed by atoms with E-state index in [1.807, 2.05) is 25.3 Å². The summed E-state index contributed by atoms with van der Waals surface area (Å²) in [4.78, 5) is 17.8. The quantitative estimate of drug-likeness (QED) is 0.735. The van der Waals surface area contributed by atoms with Crippen LogP contribution in [0.2, 0.25) is 0 Å². The van der Waals surface area contributed by atoms with Crippen molar-refractivity contribution in [2.24, 2.45) is 40.9 Å². The maximum atomic E-state index is 13.5. The lowest BCUT2D eigenvalue weighted by atomic mass is 9.49. The number of fused-ring (bicyclic) bond motifs is 6. The minimum atomic E-state index is -0.450. The third-order valence-corrected chi connectivity index (χ3v) is 10.3. The van der Waals surface area contributed by atoms with Gasteiger partial charge in [0.2, 0.25) is 0 Å². The van der Waals surface area contributed by atoms with Gasteiger partial charge in [-0.2, -0.15) is 5.10 Å². The first-order chi connectivity index (χ1) is 15.3. The monoisotopic (exact) mass is 435 g/mol. The number of hydrogen-bond donors (Lipinski definition) is 1. The highest BCUT2D eigenvalue weighted by Gasteiger charge is 2.58. The maximum absolute atomic E-state index is 13.5. The first-order valence-corrected chi connectivity index (χ1v) is 12.9. The van der Waals surface area contributed by atoms with Crippen LogP contribution >= 0.6 is 0 Å². The fraction of sp³-hybridized carbons (Fsp3) is 0.741. The number of rotatable bonds is 3. The zero-order valence-corrected chi connectivity index (χ0v) is 19.5. The molecule has 4 saturated carbocycles. The van der Waals surface area contributed by atoms with Crippen LogP contribution in [0.4, 0.5) is 0 Å². The first kappa shape index (κ1) is 20.8. The third kappa shape index (κ3) is 3.26. The fourth-order valence-electron chi connectivity index (χ4n) is 8.87. The molecule has 2 heterocycles. The van der Waals surface area contributed by atoms with Crippen LogP contribution in [0.1, 0.15) is 71.6 Å². The molecule has 32 heavy (non-hydrogen) atoms. The standard InChI is InChI=1S/C27H37N3O2/c1-26(32)11-9-19-17(14-26)5-6-21-20(19)10-12-27(2)22(21)7-8-23(27)24(31)16-30-15-18-4-3-13-28-25(18)29-30/h3-4,13,15,17,19-23,32H,5-12,14,16H2,1-2H3/t17-,19+,20-,21-,22+,23-,26-,27+/m1/s1. The molecule has 6 rings (SSSR count). The van der Waals surface area contributed by atoms with Gasteiger partial charge in [0.15, 0.2) is 11.4 Å². The van der Waals surface area contributed by atoms with Gasteiger partial charge in [-0.15, -0.1) is 0 Å². The lowest BCUT2D eigenvalue weighted by Crippen LogP contribution is -2.51. The molecular weight excluding hydrogens is 398 g/mol. The molecular formula is C27H37N3O2. The smallest absolute Gasteiger partial charge is 0.181 e. The van der Waals surface area contributed by atoms with Crippen molar-refractivity contribution in [2.75, 3.05) is 0 Å². The zero-order valence-electron chi connectivity index (χ0n) is 19.5. The van der Waals surface area contributed by atoms with Gasteiger partial charge in [0, 0.05) is 23.7 Å². The third-order valence-electron chi connectivity index (χ3n) is 10.3. The maximum Gasteiger partial charge on any atom is 0.181 e. The molecule has 2 aromatic rings. The van der Waals surface area contributed by atoms with Gasteiger partial charge in [-0.3, -0.25) is 9.48 Å². The second-order valence-electron chi connectivity index (χ2n) is 12.1. The second-order valence-corrected chi connectivity index (χ2v) is 12.1. The summed E-state index contributed by atoms with van der Waals surface area (Å²) in [6.07, 6.45) is 14.2. The Morgan fingerprint density at radius 1 is 1.09 bits per heavy atom. The first-order valence-electron chi connectivity index (χ1n) is 12.9. The lowest BCUT2D eigenvalue weighted by Gasteiger charge is -2.56. The molecule has 172 valence electrons. The molecule has 4 fully saturated rings. The predicted molar refractivity (Wildman–Crippen MR) is 124 cm³/mol. The van der Waals surface area contributed by atoms with Crippen molar-refractivity contribution < 1.29 is 9.90 Å². The van der Waals surface area contributed by atoms with Gasteiger partial charge in [-0.25, -0.2) is 4.98 Å². The zero-order chi connectivity index (χ0) is 22.1. The van der Waals surface area contributed by atoms with Gasteiger partial charge in [0.1, 0.15) is 0 Å². The Balaban J connectivity index is 1.18. The molecule has 0 aromatic carbocycles. The van der Waals surface area contributed by atoms with E-state index >= 15 is 0 Å². The van der Waals surface area contributed by atoms with E-state index in [-0.39, 0.29) is 11.3 Å². The number of carbonyl (C=O) groups excluding carboxylic acids is 1. The largest absolute Gasteiger partial charge is 0.390 e. The van der Waals surface area contributed by atoms with E-state index in [0.717, 1.165) is 48.0 Å². The van der Waals surface area contributed by atoms with Gasteiger partial charge in [-0.05, 0) is 112 Å². The van der Waals surface area contributed by atoms with Crippen molar-refractivity contribution in [3.8, 4) is 0 Å². The van der Waals surface area contributed by atoms with Gasteiger partial charge in [-0.1, -0.05) is 6.92 Å². The average molecular weight is 436 g/mol. The number of ketones is 1. The molecule has 0 aliphatic heterocycles. The van der Waals surface area contributed by atoms with Crippen molar-refractivity contribution in [1.29, 1.82) is 0 Å². The normalized spacial score (nSPS) is 43.5. The Bertz CT molecular complexity index is 996. The van der Waals surface area contributed by atoms with E-state index in [4.69, 9.17) is 0 Å². The summed E-state index contributed by atoms with van der Waals surface area (Å²) in [5.41, 5.74) is 0.421. The van der Waals surface area contributed by atoms with Gasteiger partial charge in [0.25, 0.3) is 0 Å². The number of aliphatic hydroxyl groups is 1. The molecule has 0 radical (unpaired) electrons. The summed E-state index contributed by atoms with van der Waals surface area (Å²) < 4.78 is 1.81. The minimum absolute atomic E-state index is 0.149. The molecule has 1 N–H and O–H groups in total. The molecule has 0 bridgehead atoms. The Labute approximate surface area is 191 Å². The average Bonchev–Trinajstić information content (AvgIpc) is 3.32. The Kier molecular flexibility index (Phi) is 4.80. The van der Waals surface area contributed by atoms with E-state index in [1.54, 1.807) is 10.9 Å². The minimum Gasteiger partial charge on any atom is -0.390 e. The molecule has 8 atom stereocenters. The van der Waals surface area contributed by atoms with E-state index < -0.39 is 5.60 Å². The van der Waals surface area contributed by atoms with Crippen molar-refractivity contribution in [1.82, 2.24) is 14.8 Å². The van der Waals surface area contributed by atoms with Crippen LogP contribution in [0.25, 0.3) is 11.0 Å². The highest BCUT2D eigenvalue weighted by molar-refractivity contribution is 5.82. The number of Topliss-reactive ketones (excluding diaryl/α,β-unsaturated/α-hetero) is 1. The van der Waals surface area contributed by atoms with Crippen molar-refractivity contribution in [3.63, 3.8) is 0 Å². The highest BCUT2D eigenvalue weighted by atomic mass is 16.3. The van der Waals surface area contributed by atoms with E-state index in [0.29, 0.717) is 24.2 Å². The molecule has 5 heteroatoms. The van der Waals surface area contributed by atoms with Crippen LogP contribution in [-0.2, 0) is 11.3 Å². The molecule has 2 aromatic heterocycles. The molecule has 0 amide bonds. The number of nitrogens with zero attached hydrogens (tertiary/aromatic N) is 3. The summed E-state index contributed by atoms with van der Waals surface area (Å²) in [6, 6.07) is 3.92. The SMILES string of the molecule is C[C@@]1(O)CC[C@H]2[C@H](CC[C@@H]3[C@@H]2CC[C@]2(C)[C@@H](C(=O)Cn4cc5cccnc5n4)CC[C@@H]32)C1. The van der Waals surface area contributed by atoms with Gasteiger partial charge in [0.05, 0.1) is 12.1 Å². The predicted octanol–water partition coefficient (Wildman–Crippen LogP) is 5.02. The summed E-state index contributed by atoms with van der Waals surface area (Å²) in [5.74, 6) is 4.34. The van der Waals surface area contributed by atoms with Crippen LogP contribution in [0, 0.1) is 40.9 Å². The van der Waals surface area contributed by atoms with Crippen molar-refractivity contribution >= 4 is 16.8 Å². The number of carbonyl (C=O) groups is 1. The van der Waals surface area contributed by atoms with Gasteiger partial charge < -0.3 is 5.11 Å². The van der Waals surface area contributed by atoms with E-state index in [2.05, 4.69) is 17.0 Å². The summed E-state index contributed by atoms with van der Waals surface area (Å²) in [5, 5.41) is 16.2. The molecule has 0 saturated heterocycles. The van der Waals surface area contributed by atoms with Crippen LogP contribution in [-0.4, -0.2) is 31.3 Å². The van der Waals surface area contributed by atoms with E-state index in [9.17, 15) is 9.90 Å². The van der Waals surface area contributed by atoms with Crippen LogP contribution in [0.5, 0.6) is 0 Å². The summed E-state index contributed by atoms with van der Waals surface area (Å²) >= 11 is 0. The Morgan fingerprint density at radius 3 is 2.78 bits per heavy atom. The molecule has 4 aliphatic rings. The van der Waals surface area contributed by atoms with Gasteiger partial charge >= 0.3 is 0 Å². The number of hydrogen-bond acceptors (Lipinski definition) is 4. The van der Waals surface area contributed by atoms with Crippen LogP contribution in [0.15, 0.2) is 24.5 Å². The summed E-state index contributed by atoms with van der Waals surface area (Å²) in [6.45, 7) is 4.85. The molecule has 4 aliphatic carbocycles. The van der Waals surface area contributed by atoms with Crippen molar-refractivity contribution in [3.05, 3.63) is 24.5 Å². The Hall–Kier alpha value is -1.75. The lowest BCUT2D eigenvalue weighted by molar-refractivity contribution is -0.133. The molecule has 0 spiro atoms. The fourth-order valence-corrected chi connectivity index (χ4v) is 8.87. The second kappa shape index (κ2) is 7.38. The van der Waals surface area contributed by atoms with E-state index in [1.165, 1.54) is 38.5 Å². The number of aromatic nitrogens is 3. The van der Waals surface area contributed by atoms with Crippen LogP contribution in [0.3, 0.4) is 0 Å². The Morgan fingerprint density at radius 2 is 1.94 bits per heavy atom. The number of pyridine rings is 1. The van der Waals surface area contributed by atoms with Crippen molar-refractivity contribution in [2.45, 2.75) is 83.8 Å². The topological polar surface area (TPSA) is 68.0 Å². The van der Waals surface area contributed by atoms with Crippen LogP contribution < -0.4 is 0 Å². The summed E-state index contributed by atoms with van der Waals surface area (Å²) in [7, 11) is 0. The molecule has 0 unspecified atom stereocenters.